The lowest BCUT2D eigenvalue weighted by Crippen LogP contribution is -2.22. The Kier molecular flexibility index (Phi) is 6.07. The van der Waals surface area contributed by atoms with E-state index < -0.39 is 16.0 Å². The number of carbonyl (C=O) groups excluding carboxylic acids is 1. The molecule has 3 rings (SSSR count). The Morgan fingerprint density at radius 3 is 2.59 bits per heavy atom. The second-order valence-corrected chi connectivity index (χ2v) is 9.01. The Labute approximate surface area is 173 Å². The molecule has 0 aliphatic rings. The van der Waals surface area contributed by atoms with Crippen molar-refractivity contribution in [1.29, 1.82) is 0 Å². The normalized spacial score (nSPS) is 11.6. The molecule has 0 amide bonds. The lowest BCUT2D eigenvalue weighted by molar-refractivity contribution is 0.0471. The molecule has 0 N–H and O–H groups in total. The fourth-order valence-corrected chi connectivity index (χ4v) is 3.87. The van der Waals surface area contributed by atoms with Crippen LogP contribution in [0.15, 0.2) is 57.9 Å². The monoisotopic (exact) mass is 434 g/mol. The molecule has 152 valence electrons. The molecule has 9 heteroatoms. The van der Waals surface area contributed by atoms with Gasteiger partial charge in [0.25, 0.3) is 0 Å². The summed E-state index contributed by atoms with van der Waals surface area (Å²) in [4.78, 5) is 12.8. The summed E-state index contributed by atoms with van der Waals surface area (Å²) >= 11 is 6.21. The predicted molar refractivity (Wildman–Crippen MR) is 108 cm³/mol. The first-order valence-electron chi connectivity index (χ1n) is 8.61. The first-order chi connectivity index (χ1) is 13.7. The van der Waals surface area contributed by atoms with E-state index in [9.17, 15) is 13.2 Å². The molecule has 29 heavy (non-hydrogen) atoms. The van der Waals surface area contributed by atoms with E-state index in [1.165, 1.54) is 26.2 Å². The number of carbonyl (C=O) groups is 1. The van der Waals surface area contributed by atoms with E-state index in [1.807, 2.05) is 0 Å². The average molecular weight is 435 g/mol. The molecule has 2 aromatic carbocycles. The van der Waals surface area contributed by atoms with Crippen LogP contribution in [-0.4, -0.2) is 37.9 Å². The van der Waals surface area contributed by atoms with E-state index >= 15 is 0 Å². The summed E-state index contributed by atoms with van der Waals surface area (Å²) in [6.07, 6.45) is 0. The van der Waals surface area contributed by atoms with Crippen LogP contribution < -0.4 is 0 Å². The summed E-state index contributed by atoms with van der Waals surface area (Å²) in [5.74, 6) is -0.339. The maximum Gasteiger partial charge on any atom is 0.344 e. The van der Waals surface area contributed by atoms with Crippen molar-refractivity contribution in [2.24, 2.45) is 0 Å². The van der Waals surface area contributed by atoms with Crippen molar-refractivity contribution >= 4 is 27.6 Å². The highest BCUT2D eigenvalue weighted by Crippen LogP contribution is 2.31. The van der Waals surface area contributed by atoms with Gasteiger partial charge in [-0.2, -0.15) is 0 Å². The first kappa shape index (κ1) is 21.0. The summed E-state index contributed by atoms with van der Waals surface area (Å²) in [7, 11) is -0.680. The molecule has 0 fully saturated rings. The van der Waals surface area contributed by atoms with Crippen molar-refractivity contribution in [1.82, 2.24) is 9.46 Å². The van der Waals surface area contributed by atoms with Crippen LogP contribution in [0.5, 0.6) is 0 Å². The minimum Gasteiger partial charge on any atom is -0.457 e. The number of aryl methyl sites for hydroxylation is 1. The van der Waals surface area contributed by atoms with Gasteiger partial charge in [0.15, 0.2) is 0 Å². The number of esters is 1. The van der Waals surface area contributed by atoms with Crippen LogP contribution in [0, 0.1) is 6.92 Å². The molecule has 0 saturated heterocycles. The molecule has 3 aromatic rings. The molecule has 7 nitrogen and oxygen atoms in total. The molecular formula is C20H19ClN2O5S. The van der Waals surface area contributed by atoms with Gasteiger partial charge in [-0.05, 0) is 30.7 Å². The molecule has 0 radical (unpaired) electrons. The number of ether oxygens (including phenoxy) is 1. The molecule has 1 heterocycles. The summed E-state index contributed by atoms with van der Waals surface area (Å²) < 4.78 is 36.2. The van der Waals surface area contributed by atoms with Gasteiger partial charge in [0.1, 0.15) is 23.6 Å². The second-order valence-electron chi connectivity index (χ2n) is 6.45. The van der Waals surface area contributed by atoms with Crippen molar-refractivity contribution in [3.8, 4) is 11.3 Å². The minimum atomic E-state index is -3.58. The Balaban J connectivity index is 1.83. The topological polar surface area (TPSA) is 89.7 Å². The lowest BCUT2D eigenvalue weighted by atomic mass is 10.1. The van der Waals surface area contributed by atoms with Crippen molar-refractivity contribution in [3.63, 3.8) is 0 Å². The smallest absolute Gasteiger partial charge is 0.344 e. The highest BCUT2D eigenvalue weighted by atomic mass is 35.5. The quantitative estimate of drug-likeness (QED) is 0.546. The SMILES string of the molecule is Cc1onc(-c2ccccc2Cl)c1C(=O)OCc1cccc(S(=O)(=O)N(C)C)c1. The van der Waals surface area contributed by atoms with Crippen LogP contribution in [0.4, 0.5) is 0 Å². The number of nitrogens with zero attached hydrogens (tertiary/aromatic N) is 2. The van der Waals surface area contributed by atoms with Gasteiger partial charge >= 0.3 is 5.97 Å². The fraction of sp³-hybridized carbons (Fsp3) is 0.200. The van der Waals surface area contributed by atoms with Gasteiger partial charge in [0, 0.05) is 19.7 Å². The van der Waals surface area contributed by atoms with E-state index in [-0.39, 0.29) is 17.1 Å². The Hall–Kier alpha value is -2.68. The maximum atomic E-state index is 12.7. The molecule has 0 saturated carbocycles. The summed E-state index contributed by atoms with van der Waals surface area (Å²) in [5.41, 5.74) is 1.56. The van der Waals surface area contributed by atoms with E-state index in [0.29, 0.717) is 27.6 Å². The Morgan fingerprint density at radius 1 is 1.17 bits per heavy atom. The number of rotatable bonds is 6. The van der Waals surface area contributed by atoms with Gasteiger partial charge in [-0.3, -0.25) is 0 Å². The minimum absolute atomic E-state index is 0.109. The molecule has 0 atom stereocenters. The number of halogens is 1. The molecular weight excluding hydrogens is 416 g/mol. The van der Waals surface area contributed by atoms with E-state index in [1.54, 1.807) is 43.3 Å². The summed E-state index contributed by atoms with van der Waals surface area (Å²) in [6, 6.07) is 13.2. The zero-order valence-corrected chi connectivity index (χ0v) is 17.6. The van der Waals surface area contributed by atoms with Gasteiger partial charge in [-0.25, -0.2) is 17.5 Å². The van der Waals surface area contributed by atoms with Gasteiger partial charge < -0.3 is 9.26 Å². The largest absolute Gasteiger partial charge is 0.457 e. The third-order valence-electron chi connectivity index (χ3n) is 4.24. The van der Waals surface area contributed by atoms with Crippen LogP contribution in [0.25, 0.3) is 11.3 Å². The predicted octanol–water partition coefficient (Wildman–Crippen LogP) is 3.91. The number of hydrogen-bond donors (Lipinski definition) is 0. The highest BCUT2D eigenvalue weighted by molar-refractivity contribution is 7.89. The summed E-state index contributed by atoms with van der Waals surface area (Å²) in [5, 5.41) is 4.37. The van der Waals surface area contributed by atoms with Crippen LogP contribution in [0.1, 0.15) is 21.7 Å². The number of benzene rings is 2. The molecule has 0 aliphatic heterocycles. The van der Waals surface area contributed by atoms with Crippen molar-refractivity contribution in [2.75, 3.05) is 14.1 Å². The number of sulfonamides is 1. The third-order valence-corrected chi connectivity index (χ3v) is 6.38. The standard InChI is InChI=1S/C20H19ClN2O5S/c1-13-18(19(22-28-13)16-9-4-5-10-17(16)21)20(24)27-12-14-7-6-8-15(11-14)29(25,26)23(2)3/h4-11H,12H2,1-3H3. The Bertz CT molecular complexity index is 1160. The number of aromatic nitrogens is 1. The van der Waals surface area contributed by atoms with Crippen LogP contribution >= 0.6 is 11.6 Å². The van der Waals surface area contributed by atoms with Crippen LogP contribution in [-0.2, 0) is 21.4 Å². The van der Waals surface area contributed by atoms with Gasteiger partial charge in [-0.1, -0.05) is 47.1 Å². The van der Waals surface area contributed by atoms with Crippen molar-refractivity contribution in [2.45, 2.75) is 18.4 Å². The van der Waals surface area contributed by atoms with Crippen molar-refractivity contribution in [3.05, 3.63) is 70.4 Å². The average Bonchev–Trinajstić information content (AvgIpc) is 3.08. The highest BCUT2D eigenvalue weighted by Gasteiger charge is 2.24. The molecule has 0 spiro atoms. The van der Waals surface area contributed by atoms with E-state index in [0.717, 1.165) is 4.31 Å². The molecule has 0 bridgehead atoms. The third kappa shape index (κ3) is 4.34. The summed E-state index contributed by atoms with van der Waals surface area (Å²) in [6.45, 7) is 1.50. The van der Waals surface area contributed by atoms with Crippen LogP contribution in [0.3, 0.4) is 0 Å². The zero-order valence-electron chi connectivity index (χ0n) is 16.0. The fourth-order valence-electron chi connectivity index (χ4n) is 2.68. The lowest BCUT2D eigenvalue weighted by Gasteiger charge is -2.12. The first-order valence-corrected chi connectivity index (χ1v) is 10.4. The maximum absolute atomic E-state index is 12.7. The zero-order chi connectivity index (χ0) is 21.2. The van der Waals surface area contributed by atoms with Gasteiger partial charge in [0.2, 0.25) is 10.0 Å². The van der Waals surface area contributed by atoms with Gasteiger partial charge in [-0.15, -0.1) is 0 Å². The van der Waals surface area contributed by atoms with Gasteiger partial charge in [0.05, 0.1) is 9.92 Å². The van der Waals surface area contributed by atoms with Crippen LogP contribution in [0.2, 0.25) is 5.02 Å². The molecule has 0 unspecified atom stereocenters. The second kappa shape index (κ2) is 8.36. The Morgan fingerprint density at radius 2 is 1.90 bits per heavy atom. The molecule has 0 aliphatic carbocycles. The van der Waals surface area contributed by atoms with Crippen molar-refractivity contribution < 1.29 is 22.5 Å². The van der Waals surface area contributed by atoms with E-state index in [4.69, 9.17) is 20.9 Å². The molecule has 1 aromatic heterocycles. The van der Waals surface area contributed by atoms with E-state index in [2.05, 4.69) is 5.16 Å². The number of hydrogen-bond acceptors (Lipinski definition) is 6.